The van der Waals surface area contributed by atoms with Gasteiger partial charge < -0.3 is 5.32 Å². The molecule has 0 atom stereocenters. The molecule has 0 bridgehead atoms. The van der Waals surface area contributed by atoms with Gasteiger partial charge in [-0.15, -0.1) is 0 Å². The third-order valence-corrected chi connectivity index (χ3v) is 3.85. The van der Waals surface area contributed by atoms with Crippen molar-refractivity contribution in [3.63, 3.8) is 0 Å². The molecule has 108 valence electrons. The van der Waals surface area contributed by atoms with Gasteiger partial charge in [0.1, 0.15) is 17.7 Å². The van der Waals surface area contributed by atoms with Crippen LogP contribution in [0, 0.1) is 29.6 Å². The maximum absolute atomic E-state index is 8.89. The van der Waals surface area contributed by atoms with Crippen LogP contribution in [-0.2, 0) is 0 Å². The molecule has 0 aliphatic heterocycles. The van der Waals surface area contributed by atoms with Gasteiger partial charge in [0, 0.05) is 5.69 Å². The predicted molar refractivity (Wildman–Crippen MR) is 90.1 cm³/mol. The minimum absolute atomic E-state index is 0.0238. The minimum Gasteiger partial charge on any atom is -0.353 e. The lowest BCUT2D eigenvalue weighted by Gasteiger charge is -2.14. The monoisotopic (exact) mass is 327 g/mol. The second kappa shape index (κ2) is 7.00. The van der Waals surface area contributed by atoms with Crippen molar-refractivity contribution in [3.8, 4) is 12.1 Å². The summed E-state index contributed by atoms with van der Waals surface area (Å²) in [5, 5.41) is 22.0. The van der Waals surface area contributed by atoms with Crippen LogP contribution in [0.15, 0.2) is 42.0 Å². The van der Waals surface area contributed by atoms with Crippen LogP contribution in [-0.4, -0.2) is 0 Å². The molecule has 0 heterocycles. The van der Waals surface area contributed by atoms with Gasteiger partial charge in [-0.25, -0.2) is 0 Å². The highest BCUT2D eigenvalue weighted by molar-refractivity contribution is 6.39. The van der Waals surface area contributed by atoms with Gasteiger partial charge in [0.15, 0.2) is 0 Å². The first kappa shape index (κ1) is 15.9. The Morgan fingerprint density at radius 1 is 1.09 bits per heavy atom. The van der Waals surface area contributed by atoms with E-state index >= 15 is 0 Å². The predicted octanol–water partition coefficient (Wildman–Crippen LogP) is 5.48. The fourth-order valence-corrected chi connectivity index (χ4v) is 2.35. The lowest BCUT2D eigenvalue weighted by atomic mass is 10.1. The Balaban J connectivity index is 2.49. The topological polar surface area (TPSA) is 59.6 Å². The number of para-hydroxylation sites is 1. The zero-order valence-corrected chi connectivity index (χ0v) is 13.2. The number of nitriles is 2. The van der Waals surface area contributed by atoms with Gasteiger partial charge in [-0.05, 0) is 36.3 Å². The van der Waals surface area contributed by atoms with E-state index in [4.69, 9.17) is 33.7 Å². The minimum atomic E-state index is 0.0238. The van der Waals surface area contributed by atoms with Gasteiger partial charge >= 0.3 is 0 Å². The molecule has 0 saturated carbocycles. The van der Waals surface area contributed by atoms with E-state index in [0.29, 0.717) is 27.0 Å². The highest BCUT2D eigenvalue weighted by atomic mass is 35.5. The average Bonchev–Trinajstić information content (AvgIpc) is 2.54. The van der Waals surface area contributed by atoms with Crippen LogP contribution in [0.25, 0.3) is 6.08 Å². The Morgan fingerprint density at radius 2 is 1.77 bits per heavy atom. The third kappa shape index (κ3) is 3.40. The molecule has 0 saturated heterocycles. The number of aryl methyl sites for hydroxylation is 1. The maximum atomic E-state index is 8.89. The van der Waals surface area contributed by atoms with Gasteiger partial charge in [0.25, 0.3) is 0 Å². The first-order valence-corrected chi connectivity index (χ1v) is 7.15. The van der Waals surface area contributed by atoms with E-state index in [-0.39, 0.29) is 5.57 Å². The van der Waals surface area contributed by atoms with Crippen molar-refractivity contribution in [3.05, 3.63) is 63.1 Å². The molecule has 0 aromatic heterocycles. The quantitative estimate of drug-likeness (QED) is 0.759. The van der Waals surface area contributed by atoms with E-state index in [0.717, 1.165) is 5.56 Å². The second-order valence-corrected chi connectivity index (χ2v) is 5.33. The van der Waals surface area contributed by atoms with E-state index in [1.54, 1.807) is 12.1 Å². The molecule has 1 N–H and O–H groups in total. The molecular weight excluding hydrogens is 317 g/mol. The standard InChI is InChI=1S/C17H11Cl2N3/c1-11-6-7-14(18)17(16(11)19)22-15-5-3-2-4-13(15)8-12(9-20)10-21/h2-8,22H,1H3. The molecule has 0 unspecified atom stereocenters. The Bertz CT molecular complexity index is 811. The molecular formula is C17H11Cl2N3. The number of anilines is 2. The maximum Gasteiger partial charge on any atom is 0.130 e. The molecule has 22 heavy (non-hydrogen) atoms. The van der Waals surface area contributed by atoms with Gasteiger partial charge in [0.2, 0.25) is 0 Å². The van der Waals surface area contributed by atoms with Crippen molar-refractivity contribution in [2.75, 3.05) is 5.32 Å². The van der Waals surface area contributed by atoms with E-state index < -0.39 is 0 Å². The SMILES string of the molecule is Cc1ccc(Cl)c(Nc2ccccc2C=C(C#N)C#N)c1Cl. The van der Waals surface area contributed by atoms with Gasteiger partial charge in [0.05, 0.1) is 15.7 Å². The summed E-state index contributed by atoms with van der Waals surface area (Å²) >= 11 is 12.5. The van der Waals surface area contributed by atoms with E-state index in [2.05, 4.69) is 5.32 Å². The fourth-order valence-electron chi connectivity index (χ4n) is 1.89. The summed E-state index contributed by atoms with van der Waals surface area (Å²) in [5.74, 6) is 0. The molecule has 5 heteroatoms. The highest BCUT2D eigenvalue weighted by Gasteiger charge is 2.10. The molecule has 2 aromatic carbocycles. The van der Waals surface area contributed by atoms with Crippen molar-refractivity contribution in [2.24, 2.45) is 0 Å². The summed E-state index contributed by atoms with van der Waals surface area (Å²) in [6, 6.07) is 14.6. The van der Waals surface area contributed by atoms with Crippen LogP contribution in [0.2, 0.25) is 10.0 Å². The lowest BCUT2D eigenvalue weighted by molar-refractivity contribution is 1.44. The molecule has 0 aliphatic rings. The smallest absolute Gasteiger partial charge is 0.130 e. The van der Waals surface area contributed by atoms with Crippen molar-refractivity contribution < 1.29 is 0 Å². The number of benzene rings is 2. The molecule has 2 rings (SSSR count). The Morgan fingerprint density at radius 3 is 2.45 bits per heavy atom. The van der Waals surface area contributed by atoms with Crippen molar-refractivity contribution in [1.82, 2.24) is 0 Å². The number of nitrogens with zero attached hydrogens (tertiary/aromatic N) is 2. The van der Waals surface area contributed by atoms with Crippen LogP contribution < -0.4 is 5.32 Å². The zero-order chi connectivity index (χ0) is 16.1. The van der Waals surface area contributed by atoms with Crippen LogP contribution in [0.4, 0.5) is 11.4 Å². The number of nitrogens with one attached hydrogen (secondary N) is 1. The summed E-state index contributed by atoms with van der Waals surface area (Å²) in [4.78, 5) is 0. The van der Waals surface area contributed by atoms with Gasteiger partial charge in [-0.2, -0.15) is 10.5 Å². The van der Waals surface area contributed by atoms with Crippen molar-refractivity contribution >= 4 is 40.7 Å². The van der Waals surface area contributed by atoms with E-state index in [1.165, 1.54) is 6.08 Å². The van der Waals surface area contributed by atoms with Crippen LogP contribution in [0.3, 0.4) is 0 Å². The first-order chi connectivity index (χ1) is 10.6. The molecule has 0 amide bonds. The van der Waals surface area contributed by atoms with E-state index in [1.807, 2.05) is 43.3 Å². The summed E-state index contributed by atoms with van der Waals surface area (Å²) in [5.41, 5.74) is 2.93. The molecule has 2 aromatic rings. The zero-order valence-electron chi connectivity index (χ0n) is 11.7. The average molecular weight is 328 g/mol. The first-order valence-electron chi connectivity index (χ1n) is 6.39. The van der Waals surface area contributed by atoms with Crippen molar-refractivity contribution in [2.45, 2.75) is 6.92 Å². The lowest BCUT2D eigenvalue weighted by Crippen LogP contribution is -1.96. The summed E-state index contributed by atoms with van der Waals surface area (Å²) in [7, 11) is 0. The largest absolute Gasteiger partial charge is 0.353 e. The molecule has 3 nitrogen and oxygen atoms in total. The Labute approximate surface area is 139 Å². The Hall–Kier alpha value is -2.46. The molecule has 0 spiro atoms. The summed E-state index contributed by atoms with van der Waals surface area (Å²) < 4.78 is 0. The fraction of sp³-hybridized carbons (Fsp3) is 0.0588. The van der Waals surface area contributed by atoms with E-state index in [9.17, 15) is 0 Å². The molecule has 0 radical (unpaired) electrons. The summed E-state index contributed by atoms with van der Waals surface area (Å²) in [6.07, 6.45) is 1.51. The van der Waals surface area contributed by atoms with Crippen LogP contribution in [0.1, 0.15) is 11.1 Å². The van der Waals surface area contributed by atoms with Gasteiger partial charge in [-0.1, -0.05) is 47.5 Å². The number of hydrogen-bond acceptors (Lipinski definition) is 3. The summed E-state index contributed by atoms with van der Waals surface area (Å²) in [6.45, 7) is 1.89. The second-order valence-electron chi connectivity index (χ2n) is 4.55. The van der Waals surface area contributed by atoms with Crippen LogP contribution in [0.5, 0.6) is 0 Å². The Kier molecular flexibility index (Phi) is 5.07. The van der Waals surface area contributed by atoms with Gasteiger partial charge in [-0.3, -0.25) is 0 Å². The molecule has 0 aliphatic carbocycles. The number of rotatable bonds is 3. The normalized spacial score (nSPS) is 9.50. The number of hydrogen-bond donors (Lipinski definition) is 1. The third-order valence-electron chi connectivity index (χ3n) is 3.05. The highest BCUT2D eigenvalue weighted by Crippen LogP contribution is 2.36. The van der Waals surface area contributed by atoms with Crippen LogP contribution >= 0.6 is 23.2 Å². The van der Waals surface area contributed by atoms with Crippen molar-refractivity contribution in [1.29, 1.82) is 10.5 Å². The number of allylic oxidation sites excluding steroid dienone is 1. The number of halogens is 2. The molecule has 0 fully saturated rings.